The van der Waals surface area contributed by atoms with Crippen molar-refractivity contribution in [1.29, 1.82) is 0 Å². The first-order valence-electron chi connectivity index (χ1n) is 10.1. The molecule has 2 rings (SSSR count). The minimum Gasteiger partial charge on any atom is -0.352 e. The molecule has 0 aliphatic heterocycles. The van der Waals surface area contributed by atoms with E-state index in [0.717, 1.165) is 23.1 Å². The van der Waals surface area contributed by atoms with E-state index in [1.165, 1.54) is 0 Å². The molecule has 0 spiro atoms. The number of rotatable bonds is 9. The Morgan fingerprint density at radius 2 is 1.57 bits per heavy atom. The second-order valence-electron chi connectivity index (χ2n) is 7.41. The van der Waals surface area contributed by atoms with Gasteiger partial charge in [0, 0.05) is 12.6 Å². The van der Waals surface area contributed by atoms with Crippen LogP contribution in [0, 0.1) is 6.92 Å². The zero-order valence-corrected chi connectivity index (χ0v) is 17.4. The van der Waals surface area contributed by atoms with Crippen molar-refractivity contribution in [2.45, 2.75) is 65.6 Å². The lowest BCUT2D eigenvalue weighted by Gasteiger charge is -2.31. The molecule has 1 N–H and O–H groups in total. The van der Waals surface area contributed by atoms with Gasteiger partial charge < -0.3 is 10.2 Å². The fourth-order valence-corrected chi connectivity index (χ4v) is 3.12. The van der Waals surface area contributed by atoms with Gasteiger partial charge in [-0.3, -0.25) is 9.59 Å². The van der Waals surface area contributed by atoms with Gasteiger partial charge in [-0.25, -0.2) is 0 Å². The SMILES string of the molecule is CC[C@H](C)NC(=O)[C@H](CC)N(Cc1ccccc1)C(=O)Cc1ccc(C)cc1. The topological polar surface area (TPSA) is 49.4 Å². The van der Waals surface area contributed by atoms with E-state index in [1.807, 2.05) is 82.3 Å². The first-order valence-corrected chi connectivity index (χ1v) is 10.1. The van der Waals surface area contributed by atoms with Crippen molar-refractivity contribution in [2.75, 3.05) is 0 Å². The summed E-state index contributed by atoms with van der Waals surface area (Å²) in [5, 5.41) is 3.04. The van der Waals surface area contributed by atoms with Gasteiger partial charge in [-0.2, -0.15) is 0 Å². The Kier molecular flexibility index (Phi) is 8.24. The predicted molar refractivity (Wildman–Crippen MR) is 114 cm³/mol. The van der Waals surface area contributed by atoms with Crippen LogP contribution in [-0.4, -0.2) is 28.8 Å². The number of carbonyl (C=O) groups is 2. The van der Waals surface area contributed by atoms with Gasteiger partial charge in [-0.1, -0.05) is 74.0 Å². The van der Waals surface area contributed by atoms with E-state index in [0.29, 0.717) is 19.4 Å². The summed E-state index contributed by atoms with van der Waals surface area (Å²) < 4.78 is 0. The molecule has 0 fully saturated rings. The lowest BCUT2D eigenvalue weighted by atomic mass is 10.1. The summed E-state index contributed by atoms with van der Waals surface area (Å²) in [4.78, 5) is 27.8. The fourth-order valence-electron chi connectivity index (χ4n) is 3.12. The van der Waals surface area contributed by atoms with E-state index in [4.69, 9.17) is 0 Å². The molecule has 4 nitrogen and oxygen atoms in total. The predicted octanol–water partition coefficient (Wildman–Crippen LogP) is 4.26. The van der Waals surface area contributed by atoms with Crippen LogP contribution in [0.25, 0.3) is 0 Å². The Labute approximate surface area is 169 Å². The molecule has 150 valence electrons. The van der Waals surface area contributed by atoms with Crippen LogP contribution in [0.3, 0.4) is 0 Å². The maximum Gasteiger partial charge on any atom is 0.243 e. The van der Waals surface area contributed by atoms with Crippen molar-refractivity contribution in [3.05, 3.63) is 71.3 Å². The third-order valence-electron chi connectivity index (χ3n) is 5.06. The second-order valence-corrected chi connectivity index (χ2v) is 7.41. The van der Waals surface area contributed by atoms with Crippen molar-refractivity contribution in [1.82, 2.24) is 10.2 Å². The molecule has 0 heterocycles. The quantitative estimate of drug-likeness (QED) is 0.707. The summed E-state index contributed by atoms with van der Waals surface area (Å²) in [6.07, 6.45) is 1.73. The first kappa shape index (κ1) is 21.7. The third-order valence-corrected chi connectivity index (χ3v) is 5.06. The van der Waals surface area contributed by atoms with Crippen molar-refractivity contribution in [3.8, 4) is 0 Å². The third kappa shape index (κ3) is 6.22. The number of hydrogen-bond acceptors (Lipinski definition) is 2. The molecule has 0 aliphatic rings. The monoisotopic (exact) mass is 380 g/mol. The van der Waals surface area contributed by atoms with Crippen molar-refractivity contribution >= 4 is 11.8 Å². The molecule has 28 heavy (non-hydrogen) atoms. The zero-order chi connectivity index (χ0) is 20.5. The van der Waals surface area contributed by atoms with Gasteiger partial charge in [0.2, 0.25) is 11.8 Å². The van der Waals surface area contributed by atoms with Crippen LogP contribution < -0.4 is 5.32 Å². The molecule has 0 aliphatic carbocycles. The summed E-state index contributed by atoms with van der Waals surface area (Å²) in [7, 11) is 0. The van der Waals surface area contributed by atoms with E-state index in [2.05, 4.69) is 5.32 Å². The maximum absolute atomic E-state index is 13.2. The number of hydrogen-bond donors (Lipinski definition) is 1. The molecule has 0 saturated heterocycles. The fraction of sp³-hybridized carbons (Fsp3) is 0.417. The van der Waals surface area contributed by atoms with Gasteiger partial charge in [0.25, 0.3) is 0 Å². The molecular formula is C24H32N2O2. The minimum atomic E-state index is -0.479. The molecule has 2 aromatic rings. The summed E-state index contributed by atoms with van der Waals surface area (Å²) >= 11 is 0. The standard InChI is InChI=1S/C24H32N2O2/c1-5-19(4)25-24(28)22(6-2)26(17-21-10-8-7-9-11-21)23(27)16-20-14-12-18(3)13-15-20/h7-15,19,22H,5-6,16-17H2,1-4H3,(H,25,28)/t19-,22-/m0/s1. The van der Waals surface area contributed by atoms with Crippen LogP contribution in [0.2, 0.25) is 0 Å². The minimum absolute atomic E-state index is 0.0288. The van der Waals surface area contributed by atoms with Gasteiger partial charge >= 0.3 is 0 Å². The number of aryl methyl sites for hydroxylation is 1. The molecule has 0 saturated carbocycles. The molecule has 0 unspecified atom stereocenters. The van der Waals surface area contributed by atoms with Crippen LogP contribution >= 0.6 is 0 Å². The van der Waals surface area contributed by atoms with Gasteiger partial charge in [0.15, 0.2) is 0 Å². The summed E-state index contributed by atoms with van der Waals surface area (Å²) in [5.74, 6) is -0.108. The highest BCUT2D eigenvalue weighted by Crippen LogP contribution is 2.15. The molecule has 2 aromatic carbocycles. The van der Waals surface area contributed by atoms with Crippen LogP contribution in [0.4, 0.5) is 0 Å². The average molecular weight is 381 g/mol. The average Bonchev–Trinajstić information content (AvgIpc) is 2.70. The number of carbonyl (C=O) groups excluding carboxylic acids is 2. The van der Waals surface area contributed by atoms with Crippen LogP contribution in [0.5, 0.6) is 0 Å². The maximum atomic E-state index is 13.2. The largest absolute Gasteiger partial charge is 0.352 e. The Hall–Kier alpha value is -2.62. The van der Waals surface area contributed by atoms with Crippen LogP contribution in [-0.2, 0) is 22.6 Å². The summed E-state index contributed by atoms with van der Waals surface area (Å²) in [5.41, 5.74) is 3.15. The molecule has 0 radical (unpaired) electrons. The Bertz CT molecular complexity index is 756. The number of nitrogens with zero attached hydrogens (tertiary/aromatic N) is 1. The highest BCUT2D eigenvalue weighted by molar-refractivity contribution is 5.88. The number of benzene rings is 2. The second kappa shape index (κ2) is 10.6. The van der Waals surface area contributed by atoms with E-state index in [9.17, 15) is 9.59 Å². The highest BCUT2D eigenvalue weighted by Gasteiger charge is 2.29. The lowest BCUT2D eigenvalue weighted by molar-refractivity contribution is -0.141. The Balaban J connectivity index is 2.24. The number of amides is 2. The van der Waals surface area contributed by atoms with Gasteiger partial charge in [-0.05, 0) is 37.8 Å². The van der Waals surface area contributed by atoms with Crippen molar-refractivity contribution in [2.24, 2.45) is 0 Å². The molecule has 0 bridgehead atoms. The molecule has 0 aromatic heterocycles. The van der Waals surface area contributed by atoms with Gasteiger partial charge in [-0.15, -0.1) is 0 Å². The van der Waals surface area contributed by atoms with Crippen LogP contribution in [0.1, 0.15) is 50.3 Å². The summed E-state index contributed by atoms with van der Waals surface area (Å²) in [6.45, 7) is 8.44. The van der Waals surface area contributed by atoms with Crippen LogP contribution in [0.15, 0.2) is 54.6 Å². The zero-order valence-electron chi connectivity index (χ0n) is 17.4. The molecule has 2 atom stereocenters. The van der Waals surface area contributed by atoms with E-state index < -0.39 is 6.04 Å². The highest BCUT2D eigenvalue weighted by atomic mass is 16.2. The Morgan fingerprint density at radius 3 is 2.14 bits per heavy atom. The van der Waals surface area contributed by atoms with Crippen molar-refractivity contribution < 1.29 is 9.59 Å². The molecule has 4 heteroatoms. The first-order chi connectivity index (χ1) is 13.4. The smallest absolute Gasteiger partial charge is 0.243 e. The number of nitrogens with one attached hydrogen (secondary N) is 1. The molecule has 2 amide bonds. The van der Waals surface area contributed by atoms with Gasteiger partial charge in [0.1, 0.15) is 6.04 Å². The normalized spacial score (nSPS) is 12.9. The molecular weight excluding hydrogens is 348 g/mol. The summed E-state index contributed by atoms with van der Waals surface area (Å²) in [6, 6.07) is 17.4. The Morgan fingerprint density at radius 1 is 0.929 bits per heavy atom. The van der Waals surface area contributed by atoms with E-state index in [1.54, 1.807) is 4.90 Å². The van der Waals surface area contributed by atoms with E-state index in [-0.39, 0.29) is 17.9 Å². The van der Waals surface area contributed by atoms with E-state index >= 15 is 0 Å². The van der Waals surface area contributed by atoms with Crippen molar-refractivity contribution in [3.63, 3.8) is 0 Å². The lowest BCUT2D eigenvalue weighted by Crippen LogP contribution is -2.51. The van der Waals surface area contributed by atoms with Gasteiger partial charge in [0.05, 0.1) is 6.42 Å².